The summed E-state index contributed by atoms with van der Waals surface area (Å²) in [6.45, 7) is 3.40. The fourth-order valence-electron chi connectivity index (χ4n) is 5.11. The SMILES string of the molecule is CON(C)C(=O)C1CC(S(=O)(=O)NC2(C)CC2)CC2C(=O)N(CC3CNN(C)C3)C(=O)NC12. The van der Waals surface area contributed by atoms with Crippen LogP contribution in [0.2, 0.25) is 0 Å². The van der Waals surface area contributed by atoms with E-state index in [2.05, 4.69) is 15.5 Å². The van der Waals surface area contributed by atoms with Gasteiger partial charge in [-0.3, -0.25) is 24.8 Å². The number of carbonyl (C=O) groups excluding carboxylic acids is 3. The highest BCUT2D eigenvalue weighted by atomic mass is 32.2. The minimum atomic E-state index is -3.77. The molecule has 186 valence electrons. The fourth-order valence-corrected chi connectivity index (χ4v) is 7.09. The predicted octanol–water partition coefficient (Wildman–Crippen LogP) is -1.14. The number of fused-ring (bicyclic) bond motifs is 1. The van der Waals surface area contributed by atoms with E-state index in [1.165, 1.54) is 19.1 Å². The lowest BCUT2D eigenvalue weighted by molar-refractivity contribution is -0.176. The van der Waals surface area contributed by atoms with Crippen LogP contribution >= 0.6 is 0 Å². The van der Waals surface area contributed by atoms with Crippen molar-refractivity contribution in [3.8, 4) is 0 Å². The highest BCUT2D eigenvalue weighted by molar-refractivity contribution is 7.90. The molecule has 13 heteroatoms. The van der Waals surface area contributed by atoms with Crippen molar-refractivity contribution in [3.05, 3.63) is 0 Å². The highest BCUT2D eigenvalue weighted by Crippen LogP contribution is 2.40. The summed E-state index contributed by atoms with van der Waals surface area (Å²) in [5.74, 6) is -2.52. The van der Waals surface area contributed by atoms with Crippen LogP contribution in [0.3, 0.4) is 0 Å². The van der Waals surface area contributed by atoms with Gasteiger partial charge in [-0.15, -0.1) is 0 Å². The van der Waals surface area contributed by atoms with E-state index in [1.807, 2.05) is 19.0 Å². The van der Waals surface area contributed by atoms with Gasteiger partial charge in [0.05, 0.1) is 30.2 Å². The maximum Gasteiger partial charge on any atom is 0.324 e. The monoisotopic (exact) mass is 486 g/mol. The molecule has 2 saturated carbocycles. The van der Waals surface area contributed by atoms with Crippen LogP contribution in [0.1, 0.15) is 32.6 Å². The first-order valence-corrected chi connectivity index (χ1v) is 12.9. The highest BCUT2D eigenvalue weighted by Gasteiger charge is 2.55. The Bertz CT molecular complexity index is 924. The summed E-state index contributed by atoms with van der Waals surface area (Å²) in [5.41, 5.74) is 2.69. The molecule has 3 N–H and O–H groups in total. The Morgan fingerprint density at radius 1 is 1.30 bits per heavy atom. The number of nitrogens with zero attached hydrogens (tertiary/aromatic N) is 3. The van der Waals surface area contributed by atoms with Crippen molar-refractivity contribution in [2.45, 2.75) is 49.4 Å². The zero-order chi connectivity index (χ0) is 24.1. The maximum absolute atomic E-state index is 13.5. The topological polar surface area (TPSA) is 140 Å². The zero-order valence-corrected chi connectivity index (χ0v) is 20.4. The van der Waals surface area contributed by atoms with E-state index < -0.39 is 56.5 Å². The van der Waals surface area contributed by atoms with E-state index in [4.69, 9.17) is 4.84 Å². The minimum absolute atomic E-state index is 0.00398. The molecule has 0 aromatic rings. The maximum atomic E-state index is 13.5. The molecule has 0 spiro atoms. The number of rotatable bonds is 7. The van der Waals surface area contributed by atoms with Crippen LogP contribution in [0.15, 0.2) is 0 Å². The molecule has 0 aromatic carbocycles. The van der Waals surface area contributed by atoms with Gasteiger partial charge in [0.2, 0.25) is 15.9 Å². The van der Waals surface area contributed by atoms with E-state index in [1.54, 1.807) is 0 Å². The Hall–Kier alpha value is -1.80. The molecule has 5 atom stereocenters. The lowest BCUT2D eigenvalue weighted by Crippen LogP contribution is -2.67. The van der Waals surface area contributed by atoms with Gasteiger partial charge in [0.25, 0.3) is 5.91 Å². The summed E-state index contributed by atoms with van der Waals surface area (Å²) < 4.78 is 29.2. The third-order valence-electron chi connectivity index (χ3n) is 7.37. The number of amides is 4. The van der Waals surface area contributed by atoms with Crippen molar-refractivity contribution in [2.75, 3.05) is 40.8 Å². The normalized spacial score (nSPS) is 34.1. The second-order valence-electron chi connectivity index (χ2n) is 10.1. The number of urea groups is 1. The molecule has 2 aliphatic carbocycles. The van der Waals surface area contributed by atoms with Crippen LogP contribution in [0, 0.1) is 17.8 Å². The lowest BCUT2D eigenvalue weighted by atomic mass is 9.74. The standard InChI is InChI=1S/C20H34N6O6S/c1-20(5-6-20)23-33(30,31)13-7-14(17(27)25(3)32-4)16-15(8-13)18(28)26(19(29)22-16)11-12-9-21-24(2)10-12/h12-16,21,23H,5-11H2,1-4H3,(H,22,29). The van der Waals surface area contributed by atoms with Crippen LogP contribution in [-0.4, -0.2) is 98.9 Å². The molecule has 2 heterocycles. The molecule has 4 rings (SSSR count). The molecule has 2 saturated heterocycles. The van der Waals surface area contributed by atoms with Crippen molar-refractivity contribution in [1.82, 2.24) is 30.4 Å². The third kappa shape index (κ3) is 4.87. The van der Waals surface area contributed by atoms with Crippen LogP contribution in [0.4, 0.5) is 4.79 Å². The molecule has 0 radical (unpaired) electrons. The second kappa shape index (κ2) is 8.77. The number of sulfonamides is 1. The van der Waals surface area contributed by atoms with Gasteiger partial charge in [-0.05, 0) is 32.6 Å². The number of hydrogen-bond acceptors (Lipinski definition) is 8. The van der Waals surface area contributed by atoms with Gasteiger partial charge in [0.15, 0.2) is 0 Å². The fraction of sp³-hybridized carbons (Fsp3) is 0.850. The average Bonchev–Trinajstić information content (AvgIpc) is 3.32. The first-order valence-electron chi connectivity index (χ1n) is 11.3. The number of hydrogen-bond donors (Lipinski definition) is 3. The van der Waals surface area contributed by atoms with Crippen molar-refractivity contribution in [2.24, 2.45) is 17.8 Å². The van der Waals surface area contributed by atoms with Gasteiger partial charge < -0.3 is 5.32 Å². The molecule has 0 aromatic heterocycles. The lowest BCUT2D eigenvalue weighted by Gasteiger charge is -2.46. The van der Waals surface area contributed by atoms with Crippen molar-refractivity contribution in [1.29, 1.82) is 0 Å². The van der Waals surface area contributed by atoms with E-state index in [0.717, 1.165) is 17.9 Å². The Morgan fingerprint density at radius 3 is 2.58 bits per heavy atom. The van der Waals surface area contributed by atoms with E-state index in [-0.39, 0.29) is 25.3 Å². The Balaban J connectivity index is 1.59. The van der Waals surface area contributed by atoms with Crippen molar-refractivity contribution in [3.63, 3.8) is 0 Å². The number of hydroxylamine groups is 2. The summed E-state index contributed by atoms with van der Waals surface area (Å²) in [4.78, 5) is 45.6. The van der Waals surface area contributed by atoms with Crippen LogP contribution < -0.4 is 15.5 Å². The molecular weight excluding hydrogens is 452 g/mol. The quantitative estimate of drug-likeness (QED) is 0.384. The van der Waals surface area contributed by atoms with Crippen molar-refractivity contribution >= 4 is 27.9 Å². The van der Waals surface area contributed by atoms with Gasteiger partial charge in [-0.1, -0.05) is 0 Å². The van der Waals surface area contributed by atoms with E-state index in [9.17, 15) is 22.8 Å². The number of hydrazine groups is 1. The Morgan fingerprint density at radius 2 is 2.00 bits per heavy atom. The summed E-state index contributed by atoms with van der Waals surface area (Å²) in [5, 5.41) is 4.85. The average molecular weight is 487 g/mol. The largest absolute Gasteiger partial charge is 0.333 e. The molecule has 33 heavy (non-hydrogen) atoms. The van der Waals surface area contributed by atoms with Crippen LogP contribution in [-0.2, 0) is 24.4 Å². The van der Waals surface area contributed by atoms with E-state index >= 15 is 0 Å². The molecule has 4 aliphatic rings. The minimum Gasteiger partial charge on any atom is -0.333 e. The van der Waals surface area contributed by atoms with Crippen molar-refractivity contribution < 1.29 is 27.6 Å². The smallest absolute Gasteiger partial charge is 0.324 e. The van der Waals surface area contributed by atoms with Gasteiger partial charge >= 0.3 is 6.03 Å². The first-order chi connectivity index (χ1) is 15.4. The molecule has 12 nitrogen and oxygen atoms in total. The number of carbonyl (C=O) groups is 3. The van der Waals surface area contributed by atoms with Gasteiger partial charge in [0.1, 0.15) is 0 Å². The Kier molecular flexibility index (Phi) is 6.46. The van der Waals surface area contributed by atoms with E-state index in [0.29, 0.717) is 13.1 Å². The molecular formula is C20H34N6O6S. The second-order valence-corrected chi connectivity index (χ2v) is 12.0. The van der Waals surface area contributed by atoms with Gasteiger partial charge in [-0.25, -0.2) is 28.0 Å². The number of nitrogens with one attached hydrogen (secondary N) is 3. The third-order valence-corrected chi connectivity index (χ3v) is 9.41. The van der Waals surface area contributed by atoms with Crippen LogP contribution in [0.25, 0.3) is 0 Å². The zero-order valence-electron chi connectivity index (χ0n) is 19.5. The summed E-state index contributed by atoms with van der Waals surface area (Å²) in [6, 6.07) is -1.32. The predicted molar refractivity (Wildman–Crippen MR) is 118 cm³/mol. The molecule has 5 unspecified atom stereocenters. The summed E-state index contributed by atoms with van der Waals surface area (Å²) in [7, 11) is 0.882. The number of imide groups is 1. The van der Waals surface area contributed by atoms with Gasteiger partial charge in [0, 0.05) is 45.2 Å². The first kappa shape index (κ1) is 24.3. The van der Waals surface area contributed by atoms with Crippen LogP contribution in [0.5, 0.6) is 0 Å². The Labute approximate surface area is 194 Å². The molecule has 4 fully saturated rings. The van der Waals surface area contributed by atoms with Gasteiger partial charge in [-0.2, -0.15) is 0 Å². The summed E-state index contributed by atoms with van der Waals surface area (Å²) in [6.07, 6.45) is 1.57. The molecule has 2 aliphatic heterocycles. The molecule has 0 bridgehead atoms. The summed E-state index contributed by atoms with van der Waals surface area (Å²) >= 11 is 0. The molecule has 4 amide bonds.